The van der Waals surface area contributed by atoms with Crippen LogP contribution in [0.5, 0.6) is 0 Å². The summed E-state index contributed by atoms with van der Waals surface area (Å²) in [5.41, 5.74) is 3.72. The van der Waals surface area contributed by atoms with Gasteiger partial charge in [0.05, 0.1) is 18.1 Å². The van der Waals surface area contributed by atoms with Crippen molar-refractivity contribution < 1.29 is 18.3 Å². The van der Waals surface area contributed by atoms with Crippen LogP contribution < -0.4 is 0 Å². The van der Waals surface area contributed by atoms with Gasteiger partial charge in [0.1, 0.15) is 0 Å². The molecule has 5 heteroatoms. The number of aliphatic hydroxyl groups is 1. The summed E-state index contributed by atoms with van der Waals surface area (Å²) in [7, 11) is -3.35. The van der Waals surface area contributed by atoms with Gasteiger partial charge in [-0.2, -0.15) is 0 Å². The Morgan fingerprint density at radius 1 is 1.21 bits per heavy atom. The third kappa shape index (κ3) is 3.64. The fourth-order valence-electron chi connectivity index (χ4n) is 2.42. The molecule has 4 nitrogen and oxygen atoms in total. The van der Waals surface area contributed by atoms with Crippen molar-refractivity contribution in [1.29, 1.82) is 0 Å². The van der Waals surface area contributed by atoms with Crippen molar-refractivity contribution in [3.63, 3.8) is 0 Å². The molecule has 19 heavy (non-hydrogen) atoms. The van der Waals surface area contributed by atoms with Gasteiger partial charge in [0.25, 0.3) is 0 Å². The van der Waals surface area contributed by atoms with Gasteiger partial charge in [-0.3, -0.25) is 4.79 Å². The smallest absolute Gasteiger partial charge is 0.160 e. The highest BCUT2D eigenvalue weighted by atomic mass is 32.2. The van der Waals surface area contributed by atoms with E-state index in [0.29, 0.717) is 11.1 Å². The molecule has 1 aromatic rings. The Bertz CT molecular complexity index is 600. The van der Waals surface area contributed by atoms with Crippen LogP contribution >= 0.6 is 0 Å². The van der Waals surface area contributed by atoms with Gasteiger partial charge in [-0.15, -0.1) is 0 Å². The first kappa shape index (κ1) is 15.9. The summed E-state index contributed by atoms with van der Waals surface area (Å²) in [5, 5.41) is 8.77. The van der Waals surface area contributed by atoms with Gasteiger partial charge < -0.3 is 5.11 Å². The number of aliphatic hydroxyl groups excluding tert-OH is 1. The van der Waals surface area contributed by atoms with E-state index in [0.717, 1.165) is 16.7 Å². The maximum atomic E-state index is 11.8. The minimum atomic E-state index is -3.35. The molecule has 0 aliphatic carbocycles. The highest BCUT2D eigenvalue weighted by molar-refractivity contribution is 7.90. The SMILES string of the molecule is CC(=O)c1c(C)cc(C)c(CS(=O)(=O)CCO)c1C. The van der Waals surface area contributed by atoms with Gasteiger partial charge in [0.2, 0.25) is 0 Å². The number of carbonyl (C=O) groups excluding carboxylic acids is 1. The Hall–Kier alpha value is -1.20. The molecule has 106 valence electrons. The van der Waals surface area contributed by atoms with Gasteiger partial charge in [0.15, 0.2) is 15.6 Å². The van der Waals surface area contributed by atoms with Gasteiger partial charge in [-0.25, -0.2) is 8.42 Å². The summed E-state index contributed by atoms with van der Waals surface area (Å²) in [6.07, 6.45) is 0. The molecule has 0 unspecified atom stereocenters. The second-order valence-corrected chi connectivity index (χ2v) is 7.04. The topological polar surface area (TPSA) is 71.4 Å². The monoisotopic (exact) mass is 284 g/mol. The molecule has 1 aromatic carbocycles. The fraction of sp³-hybridized carbons (Fsp3) is 0.500. The number of Topliss-reactive ketones (excluding diaryl/α,β-unsaturated/α-hetero) is 1. The molecular formula is C14H20O4S. The third-order valence-electron chi connectivity index (χ3n) is 3.25. The van der Waals surface area contributed by atoms with Crippen LogP contribution in [-0.4, -0.2) is 31.7 Å². The van der Waals surface area contributed by atoms with Crippen LogP contribution in [0.3, 0.4) is 0 Å². The lowest BCUT2D eigenvalue weighted by atomic mass is 9.92. The summed E-state index contributed by atoms with van der Waals surface area (Å²) in [6, 6.07) is 1.84. The summed E-state index contributed by atoms with van der Waals surface area (Å²) >= 11 is 0. The molecule has 0 fully saturated rings. The molecule has 0 aromatic heterocycles. The van der Waals surface area contributed by atoms with E-state index in [2.05, 4.69) is 0 Å². The van der Waals surface area contributed by atoms with E-state index in [-0.39, 0.29) is 23.9 Å². The number of aryl methyl sites for hydroxylation is 2. The quantitative estimate of drug-likeness (QED) is 0.836. The van der Waals surface area contributed by atoms with Crippen molar-refractivity contribution in [2.75, 3.05) is 12.4 Å². The van der Waals surface area contributed by atoms with Gasteiger partial charge in [-0.05, 0) is 49.9 Å². The largest absolute Gasteiger partial charge is 0.395 e. The first-order valence-corrected chi connectivity index (χ1v) is 7.93. The van der Waals surface area contributed by atoms with Gasteiger partial charge in [0, 0.05) is 5.56 Å². The first-order valence-electron chi connectivity index (χ1n) is 6.11. The zero-order valence-electron chi connectivity index (χ0n) is 11.8. The lowest BCUT2D eigenvalue weighted by molar-refractivity contribution is 0.101. The molecule has 1 rings (SSSR count). The number of hydrogen-bond donors (Lipinski definition) is 1. The Labute approximate surface area is 114 Å². The minimum absolute atomic E-state index is 0.0594. The molecule has 0 saturated carbocycles. The Morgan fingerprint density at radius 2 is 1.79 bits per heavy atom. The maximum absolute atomic E-state index is 11.8. The fourth-order valence-corrected chi connectivity index (χ4v) is 3.73. The van der Waals surface area contributed by atoms with E-state index in [9.17, 15) is 13.2 Å². The predicted molar refractivity (Wildman–Crippen MR) is 75.2 cm³/mol. The van der Waals surface area contributed by atoms with Crippen molar-refractivity contribution in [2.45, 2.75) is 33.4 Å². The molecule has 0 aliphatic heterocycles. The number of benzene rings is 1. The highest BCUT2D eigenvalue weighted by Gasteiger charge is 2.19. The van der Waals surface area contributed by atoms with Crippen LogP contribution in [0.25, 0.3) is 0 Å². The molecule has 0 spiro atoms. The van der Waals surface area contributed by atoms with Crippen molar-refractivity contribution in [2.24, 2.45) is 0 Å². The van der Waals surface area contributed by atoms with E-state index in [1.54, 1.807) is 6.92 Å². The van der Waals surface area contributed by atoms with Crippen molar-refractivity contribution in [1.82, 2.24) is 0 Å². The zero-order valence-corrected chi connectivity index (χ0v) is 12.6. The van der Waals surface area contributed by atoms with Crippen LogP contribution in [0.1, 0.15) is 39.5 Å². The molecular weight excluding hydrogens is 264 g/mol. The number of sulfone groups is 1. The normalized spacial score (nSPS) is 11.6. The molecule has 0 atom stereocenters. The molecule has 1 N–H and O–H groups in total. The van der Waals surface area contributed by atoms with Crippen LogP contribution in [0.2, 0.25) is 0 Å². The molecule has 0 aliphatic rings. The first-order chi connectivity index (χ1) is 8.69. The number of hydrogen-bond acceptors (Lipinski definition) is 4. The molecule has 0 radical (unpaired) electrons. The lowest BCUT2D eigenvalue weighted by Crippen LogP contribution is -2.15. The van der Waals surface area contributed by atoms with E-state index in [4.69, 9.17) is 5.11 Å². The molecule has 0 saturated heterocycles. The summed E-state index contributed by atoms with van der Waals surface area (Å²) in [4.78, 5) is 11.7. The van der Waals surface area contributed by atoms with Crippen LogP contribution in [-0.2, 0) is 15.6 Å². The van der Waals surface area contributed by atoms with Crippen molar-refractivity contribution in [3.8, 4) is 0 Å². The second kappa shape index (κ2) is 5.84. The number of carbonyl (C=O) groups is 1. The van der Waals surface area contributed by atoms with Crippen LogP contribution in [0, 0.1) is 20.8 Å². The zero-order chi connectivity index (χ0) is 14.8. The highest BCUT2D eigenvalue weighted by Crippen LogP contribution is 2.24. The van der Waals surface area contributed by atoms with Crippen molar-refractivity contribution in [3.05, 3.63) is 33.9 Å². The Morgan fingerprint density at radius 3 is 2.26 bits per heavy atom. The standard InChI is InChI=1S/C14H20O4S/c1-9-7-10(2)14(12(4)16)11(3)13(9)8-19(17,18)6-5-15/h7,15H,5-6,8H2,1-4H3. The average molecular weight is 284 g/mol. The summed E-state index contributed by atoms with van der Waals surface area (Å²) in [6.45, 7) is 6.57. The van der Waals surface area contributed by atoms with E-state index >= 15 is 0 Å². The minimum Gasteiger partial charge on any atom is -0.395 e. The maximum Gasteiger partial charge on any atom is 0.160 e. The average Bonchev–Trinajstić information content (AvgIpc) is 2.23. The number of rotatable bonds is 5. The Balaban J connectivity index is 3.37. The molecule has 0 heterocycles. The van der Waals surface area contributed by atoms with Gasteiger partial charge >= 0.3 is 0 Å². The van der Waals surface area contributed by atoms with E-state index < -0.39 is 9.84 Å². The summed E-state index contributed by atoms with van der Waals surface area (Å²) < 4.78 is 23.7. The molecule has 0 amide bonds. The van der Waals surface area contributed by atoms with E-state index in [1.165, 1.54) is 6.92 Å². The van der Waals surface area contributed by atoms with Crippen molar-refractivity contribution >= 4 is 15.6 Å². The summed E-state index contributed by atoms with van der Waals surface area (Å²) in [5.74, 6) is -0.447. The van der Waals surface area contributed by atoms with Crippen LogP contribution in [0.4, 0.5) is 0 Å². The Kier molecular flexibility index (Phi) is 4.87. The van der Waals surface area contributed by atoms with Gasteiger partial charge in [-0.1, -0.05) is 6.07 Å². The van der Waals surface area contributed by atoms with Crippen LogP contribution in [0.15, 0.2) is 6.07 Å². The van der Waals surface area contributed by atoms with E-state index in [1.807, 2.05) is 19.9 Å². The third-order valence-corrected chi connectivity index (χ3v) is 4.78. The molecule has 0 bridgehead atoms. The second-order valence-electron chi connectivity index (χ2n) is 4.86. The lowest BCUT2D eigenvalue weighted by Gasteiger charge is -2.15. The predicted octanol–water partition coefficient (Wildman–Crippen LogP) is 1.72. The number of ketones is 1.